The van der Waals surface area contributed by atoms with Crippen molar-refractivity contribution in [2.45, 2.75) is 52.4 Å². The van der Waals surface area contributed by atoms with Gasteiger partial charge in [-0.1, -0.05) is 26.7 Å². The zero-order valence-corrected chi connectivity index (χ0v) is 17.8. The van der Waals surface area contributed by atoms with E-state index in [1.54, 1.807) is 24.3 Å². The van der Waals surface area contributed by atoms with Gasteiger partial charge in [0.1, 0.15) is 0 Å². The summed E-state index contributed by atoms with van der Waals surface area (Å²) in [6.07, 6.45) is 7.22. The molecule has 5 nitrogen and oxygen atoms in total. The molecule has 152 valence electrons. The van der Waals surface area contributed by atoms with Gasteiger partial charge in [0.05, 0.1) is 11.9 Å². The SMILES string of the molecule is CCCCN1CCC(C(=O)c2ccc(N(CCCC)S(C)(=O)=O)cc2)CC1. The molecule has 0 unspecified atom stereocenters. The van der Waals surface area contributed by atoms with Gasteiger partial charge in [-0.3, -0.25) is 9.10 Å². The number of Topliss-reactive ketones (excluding diaryl/α,β-unsaturated/α-hetero) is 1. The van der Waals surface area contributed by atoms with E-state index in [9.17, 15) is 13.2 Å². The molecule has 27 heavy (non-hydrogen) atoms. The number of likely N-dealkylation sites (tertiary alicyclic amines) is 1. The van der Waals surface area contributed by atoms with E-state index >= 15 is 0 Å². The largest absolute Gasteiger partial charge is 0.303 e. The van der Waals surface area contributed by atoms with Crippen molar-refractivity contribution in [3.05, 3.63) is 29.8 Å². The maximum Gasteiger partial charge on any atom is 0.232 e. The molecule has 0 radical (unpaired) electrons. The van der Waals surface area contributed by atoms with Crippen LogP contribution in [0.25, 0.3) is 0 Å². The number of hydrogen-bond acceptors (Lipinski definition) is 4. The van der Waals surface area contributed by atoms with Crippen molar-refractivity contribution in [3.8, 4) is 0 Å². The minimum atomic E-state index is -3.31. The van der Waals surface area contributed by atoms with E-state index in [0.717, 1.165) is 45.3 Å². The molecule has 1 heterocycles. The van der Waals surface area contributed by atoms with Gasteiger partial charge in [-0.2, -0.15) is 0 Å². The van der Waals surface area contributed by atoms with Gasteiger partial charge < -0.3 is 4.90 Å². The summed E-state index contributed by atoms with van der Waals surface area (Å²) in [5.41, 5.74) is 1.33. The fraction of sp³-hybridized carbons (Fsp3) is 0.667. The molecule has 0 amide bonds. The average Bonchev–Trinajstić information content (AvgIpc) is 2.66. The third kappa shape index (κ3) is 6.32. The fourth-order valence-electron chi connectivity index (χ4n) is 3.62. The van der Waals surface area contributed by atoms with Crippen molar-refractivity contribution in [2.75, 3.05) is 36.7 Å². The Bertz CT molecular complexity index is 693. The average molecular weight is 395 g/mol. The molecule has 0 bridgehead atoms. The molecule has 1 aromatic carbocycles. The maximum atomic E-state index is 12.8. The molecule has 1 saturated heterocycles. The van der Waals surface area contributed by atoms with Gasteiger partial charge in [-0.05, 0) is 69.6 Å². The van der Waals surface area contributed by atoms with Crippen LogP contribution in [0.4, 0.5) is 5.69 Å². The first kappa shape index (κ1) is 21.9. The van der Waals surface area contributed by atoms with E-state index < -0.39 is 10.0 Å². The normalized spacial score (nSPS) is 16.4. The molecule has 1 aliphatic heterocycles. The summed E-state index contributed by atoms with van der Waals surface area (Å²) in [6.45, 7) is 7.83. The van der Waals surface area contributed by atoms with Gasteiger partial charge >= 0.3 is 0 Å². The van der Waals surface area contributed by atoms with Gasteiger partial charge in [-0.25, -0.2) is 8.42 Å². The van der Waals surface area contributed by atoms with E-state index in [0.29, 0.717) is 17.8 Å². The molecule has 0 aliphatic carbocycles. The second-order valence-electron chi connectivity index (χ2n) is 7.57. The summed E-state index contributed by atoms with van der Waals surface area (Å²) in [4.78, 5) is 15.3. The molecule has 0 N–H and O–H groups in total. The topological polar surface area (TPSA) is 57.7 Å². The van der Waals surface area contributed by atoms with Crippen LogP contribution in [0.15, 0.2) is 24.3 Å². The summed E-state index contributed by atoms with van der Waals surface area (Å²) >= 11 is 0. The van der Waals surface area contributed by atoms with Crippen LogP contribution in [0.3, 0.4) is 0 Å². The number of hydrogen-bond donors (Lipinski definition) is 0. The number of nitrogens with zero attached hydrogens (tertiary/aromatic N) is 2. The number of benzene rings is 1. The summed E-state index contributed by atoms with van der Waals surface area (Å²) < 4.78 is 25.6. The van der Waals surface area contributed by atoms with E-state index in [1.807, 2.05) is 6.92 Å². The van der Waals surface area contributed by atoms with E-state index in [4.69, 9.17) is 0 Å². The lowest BCUT2D eigenvalue weighted by Gasteiger charge is -2.31. The predicted octanol–water partition coefficient (Wildman–Crippen LogP) is 3.95. The lowest BCUT2D eigenvalue weighted by molar-refractivity contribution is 0.0839. The quantitative estimate of drug-likeness (QED) is 0.564. The van der Waals surface area contributed by atoms with Crippen molar-refractivity contribution in [2.24, 2.45) is 5.92 Å². The lowest BCUT2D eigenvalue weighted by Crippen LogP contribution is -2.36. The molecule has 0 saturated carbocycles. The smallest absolute Gasteiger partial charge is 0.232 e. The minimum Gasteiger partial charge on any atom is -0.303 e. The lowest BCUT2D eigenvalue weighted by atomic mass is 9.88. The monoisotopic (exact) mass is 394 g/mol. The van der Waals surface area contributed by atoms with Crippen LogP contribution in [0.2, 0.25) is 0 Å². The highest BCUT2D eigenvalue weighted by Gasteiger charge is 2.26. The van der Waals surface area contributed by atoms with Crippen molar-refractivity contribution < 1.29 is 13.2 Å². The van der Waals surface area contributed by atoms with Gasteiger partial charge in [0.15, 0.2) is 5.78 Å². The summed E-state index contributed by atoms with van der Waals surface area (Å²) in [7, 11) is -3.31. The highest BCUT2D eigenvalue weighted by atomic mass is 32.2. The molecule has 0 spiro atoms. The Morgan fingerprint density at radius 3 is 2.19 bits per heavy atom. The maximum absolute atomic E-state index is 12.8. The third-order valence-corrected chi connectivity index (χ3v) is 6.54. The molecular weight excluding hydrogens is 360 g/mol. The van der Waals surface area contributed by atoms with Crippen LogP contribution in [0.5, 0.6) is 0 Å². The highest BCUT2D eigenvalue weighted by Crippen LogP contribution is 2.24. The summed E-state index contributed by atoms with van der Waals surface area (Å²) in [6, 6.07) is 7.09. The second kappa shape index (κ2) is 10.2. The Morgan fingerprint density at radius 2 is 1.67 bits per heavy atom. The number of carbonyl (C=O) groups excluding carboxylic acids is 1. The summed E-state index contributed by atoms with van der Waals surface area (Å²) in [5, 5.41) is 0. The van der Waals surface area contributed by atoms with Crippen LogP contribution in [0, 0.1) is 5.92 Å². The number of rotatable bonds is 10. The first-order valence-electron chi connectivity index (χ1n) is 10.2. The first-order chi connectivity index (χ1) is 12.9. The van der Waals surface area contributed by atoms with Gasteiger partial charge in [0.2, 0.25) is 10.0 Å². The number of unbranched alkanes of at least 4 members (excludes halogenated alkanes) is 2. The van der Waals surface area contributed by atoms with Crippen LogP contribution < -0.4 is 4.31 Å². The Morgan fingerprint density at radius 1 is 1.07 bits per heavy atom. The Kier molecular flexibility index (Phi) is 8.29. The van der Waals surface area contributed by atoms with Gasteiger partial charge in [0, 0.05) is 18.0 Å². The van der Waals surface area contributed by atoms with Crippen LogP contribution >= 0.6 is 0 Å². The number of piperidine rings is 1. The second-order valence-corrected chi connectivity index (χ2v) is 9.48. The highest BCUT2D eigenvalue weighted by molar-refractivity contribution is 7.92. The number of sulfonamides is 1. The minimum absolute atomic E-state index is 0.0832. The van der Waals surface area contributed by atoms with Crippen LogP contribution in [-0.2, 0) is 10.0 Å². The van der Waals surface area contributed by atoms with E-state index in [-0.39, 0.29) is 11.7 Å². The number of ketones is 1. The number of anilines is 1. The Balaban J connectivity index is 2.01. The zero-order chi connectivity index (χ0) is 19.9. The van der Waals surface area contributed by atoms with E-state index in [2.05, 4.69) is 11.8 Å². The molecule has 0 aromatic heterocycles. The molecular formula is C21H34N2O3S. The van der Waals surface area contributed by atoms with Crippen LogP contribution in [-0.4, -0.2) is 51.5 Å². The predicted molar refractivity (Wildman–Crippen MR) is 112 cm³/mol. The Hall–Kier alpha value is -1.40. The van der Waals surface area contributed by atoms with Gasteiger partial charge in [0.25, 0.3) is 0 Å². The fourth-order valence-corrected chi connectivity index (χ4v) is 4.58. The van der Waals surface area contributed by atoms with Crippen molar-refractivity contribution in [1.29, 1.82) is 0 Å². The Labute approximate surface area is 164 Å². The van der Waals surface area contributed by atoms with E-state index in [1.165, 1.54) is 23.4 Å². The number of carbonyl (C=O) groups is 1. The molecule has 6 heteroatoms. The zero-order valence-electron chi connectivity index (χ0n) is 17.0. The summed E-state index contributed by atoms with van der Waals surface area (Å²) in [5.74, 6) is 0.274. The van der Waals surface area contributed by atoms with Crippen molar-refractivity contribution >= 4 is 21.5 Å². The standard InChI is InChI=1S/C21H34N2O3S/c1-4-6-14-22-16-12-19(13-17-22)21(24)18-8-10-20(11-9-18)23(15-7-5-2)27(3,25)26/h8-11,19H,4-7,12-17H2,1-3H3. The molecule has 1 fully saturated rings. The van der Waals surface area contributed by atoms with Crippen LogP contribution in [0.1, 0.15) is 62.7 Å². The van der Waals surface area contributed by atoms with Crippen molar-refractivity contribution in [3.63, 3.8) is 0 Å². The molecule has 2 rings (SSSR count). The molecule has 0 atom stereocenters. The van der Waals surface area contributed by atoms with Gasteiger partial charge in [-0.15, -0.1) is 0 Å². The van der Waals surface area contributed by atoms with Crippen molar-refractivity contribution in [1.82, 2.24) is 4.90 Å². The molecule has 1 aromatic rings. The first-order valence-corrected chi connectivity index (χ1v) is 12.1. The third-order valence-electron chi connectivity index (χ3n) is 5.34. The molecule has 1 aliphatic rings.